The zero-order valence-corrected chi connectivity index (χ0v) is 54.4. The SMILES string of the molecule is CCCCCCCCCCCCCCCCCCC(=O)O[C@H](COC(=O)CCCCCCCCCCCC)COP(=O)(O)OC[C@@H](O)COP(=O)(O)OC[C@@H](COC(=O)CCCCCCCCC)OC(=O)CCCCCCCCC(C)C. The molecule has 82 heavy (non-hydrogen) atoms. The smallest absolute Gasteiger partial charge is 0.462 e. The van der Waals surface area contributed by atoms with Crippen LogP contribution in [0.15, 0.2) is 0 Å². The lowest BCUT2D eigenvalue weighted by Gasteiger charge is -2.21. The molecule has 0 radical (unpaired) electrons. The summed E-state index contributed by atoms with van der Waals surface area (Å²) in [6.45, 7) is 7.05. The van der Waals surface area contributed by atoms with Gasteiger partial charge in [0.15, 0.2) is 12.2 Å². The number of unbranched alkanes of at least 4 members (excludes halogenated alkanes) is 35. The summed E-state index contributed by atoms with van der Waals surface area (Å²) < 4.78 is 67.8. The highest BCUT2D eigenvalue weighted by Crippen LogP contribution is 2.45. The number of hydrogen-bond acceptors (Lipinski definition) is 15. The largest absolute Gasteiger partial charge is 0.472 e. The Kier molecular flexibility index (Phi) is 55.5. The highest BCUT2D eigenvalue weighted by atomic mass is 31.2. The Hall–Kier alpha value is -1.94. The maximum Gasteiger partial charge on any atom is 0.472 e. The molecule has 0 aromatic heterocycles. The Labute approximate surface area is 498 Å². The quantitative estimate of drug-likeness (QED) is 0.0222. The van der Waals surface area contributed by atoms with Gasteiger partial charge >= 0.3 is 39.5 Å². The Morgan fingerprint density at radius 3 is 0.829 bits per heavy atom. The topological polar surface area (TPSA) is 237 Å². The van der Waals surface area contributed by atoms with Crippen LogP contribution in [0.3, 0.4) is 0 Å². The first-order valence-electron chi connectivity index (χ1n) is 33.1. The molecule has 0 aliphatic carbocycles. The van der Waals surface area contributed by atoms with Crippen LogP contribution in [0.25, 0.3) is 0 Å². The number of esters is 4. The molecule has 0 saturated carbocycles. The van der Waals surface area contributed by atoms with Crippen molar-refractivity contribution in [2.75, 3.05) is 39.6 Å². The van der Waals surface area contributed by atoms with Crippen LogP contribution < -0.4 is 0 Å². The summed E-state index contributed by atoms with van der Waals surface area (Å²) in [5, 5.41) is 10.5. The van der Waals surface area contributed by atoms with Gasteiger partial charge in [0.05, 0.1) is 26.4 Å². The zero-order chi connectivity index (χ0) is 60.6. The van der Waals surface area contributed by atoms with Gasteiger partial charge in [-0.15, -0.1) is 0 Å². The molecule has 17 nitrogen and oxygen atoms in total. The number of hydrogen-bond donors (Lipinski definition) is 3. The first kappa shape index (κ1) is 80.1. The molecule has 0 heterocycles. The second-order valence-electron chi connectivity index (χ2n) is 23.3. The molecular weight excluding hydrogens is 1090 g/mol. The molecule has 5 atom stereocenters. The number of ether oxygens (including phenoxy) is 4. The molecule has 0 saturated heterocycles. The third-order valence-corrected chi connectivity index (χ3v) is 16.4. The van der Waals surface area contributed by atoms with Crippen molar-refractivity contribution in [2.45, 2.75) is 335 Å². The lowest BCUT2D eigenvalue weighted by molar-refractivity contribution is -0.161. The van der Waals surface area contributed by atoms with Crippen molar-refractivity contribution in [3.63, 3.8) is 0 Å². The zero-order valence-electron chi connectivity index (χ0n) is 52.6. The van der Waals surface area contributed by atoms with Crippen molar-refractivity contribution in [3.8, 4) is 0 Å². The van der Waals surface area contributed by atoms with E-state index in [4.69, 9.17) is 37.0 Å². The molecule has 0 aromatic carbocycles. The summed E-state index contributed by atoms with van der Waals surface area (Å²) in [4.78, 5) is 72.0. The van der Waals surface area contributed by atoms with Gasteiger partial charge < -0.3 is 33.8 Å². The highest BCUT2D eigenvalue weighted by molar-refractivity contribution is 7.47. The van der Waals surface area contributed by atoms with Crippen LogP contribution in [0.5, 0.6) is 0 Å². The van der Waals surface area contributed by atoms with Crippen molar-refractivity contribution in [1.29, 1.82) is 0 Å². The van der Waals surface area contributed by atoms with Crippen molar-refractivity contribution in [3.05, 3.63) is 0 Å². The van der Waals surface area contributed by atoms with Crippen LogP contribution in [0.2, 0.25) is 0 Å². The number of aliphatic hydroxyl groups excluding tert-OH is 1. The van der Waals surface area contributed by atoms with Crippen LogP contribution in [-0.4, -0.2) is 96.7 Å². The van der Waals surface area contributed by atoms with E-state index in [0.29, 0.717) is 31.6 Å². The molecule has 3 N–H and O–H groups in total. The molecule has 0 aliphatic heterocycles. The van der Waals surface area contributed by atoms with Gasteiger partial charge in [-0.2, -0.15) is 0 Å². The Morgan fingerprint density at radius 1 is 0.329 bits per heavy atom. The molecule has 19 heteroatoms. The number of carbonyl (C=O) groups excluding carboxylic acids is 4. The van der Waals surface area contributed by atoms with E-state index in [2.05, 4.69) is 34.6 Å². The van der Waals surface area contributed by atoms with Crippen LogP contribution in [-0.2, 0) is 65.4 Å². The van der Waals surface area contributed by atoms with E-state index >= 15 is 0 Å². The summed E-state index contributed by atoms with van der Waals surface area (Å²) in [5.74, 6) is -1.47. The molecule has 0 fully saturated rings. The molecular formula is C63H122O17P2. The lowest BCUT2D eigenvalue weighted by atomic mass is 10.0. The third kappa shape index (κ3) is 57.2. The third-order valence-electron chi connectivity index (χ3n) is 14.5. The van der Waals surface area contributed by atoms with Gasteiger partial charge in [0.1, 0.15) is 19.3 Å². The minimum absolute atomic E-state index is 0.102. The molecule has 0 bridgehead atoms. The maximum atomic E-state index is 13.0. The summed E-state index contributed by atoms with van der Waals surface area (Å²) in [7, 11) is -9.88. The predicted molar refractivity (Wildman–Crippen MR) is 326 cm³/mol. The Morgan fingerprint density at radius 2 is 0.561 bits per heavy atom. The maximum absolute atomic E-state index is 13.0. The van der Waals surface area contributed by atoms with Gasteiger partial charge in [-0.25, -0.2) is 9.13 Å². The average Bonchev–Trinajstić information content (AvgIpc) is 3.44. The fraction of sp³-hybridized carbons (Fsp3) is 0.937. The second kappa shape index (κ2) is 56.8. The number of rotatable bonds is 63. The summed E-state index contributed by atoms with van der Waals surface area (Å²) in [6.07, 6.45) is 40.6. The average molecular weight is 1210 g/mol. The molecule has 486 valence electrons. The number of carbonyl (C=O) groups is 4. The van der Waals surface area contributed by atoms with Gasteiger partial charge in [-0.3, -0.25) is 37.3 Å². The van der Waals surface area contributed by atoms with Crippen molar-refractivity contribution < 1.29 is 80.2 Å². The monoisotopic (exact) mass is 1210 g/mol. The van der Waals surface area contributed by atoms with E-state index in [0.717, 1.165) is 103 Å². The molecule has 0 aromatic rings. The summed E-state index contributed by atoms with van der Waals surface area (Å²) in [5.41, 5.74) is 0. The first-order chi connectivity index (χ1) is 39.5. The standard InChI is InChI=1S/C63H122O17P2/c1-6-9-12-15-18-20-22-23-24-25-26-27-29-32-38-43-48-62(67)79-58(53-74-61(66)47-42-37-31-28-21-19-16-13-10-7-2)54-77-81(69,70)75-50-57(64)51-76-82(71,72)78-55-59(52-73-60(65)46-41-36-30-17-14-11-8-3)80-63(68)49-44-39-34-33-35-40-45-56(4)5/h56-59,64H,6-55H2,1-5H3,(H,69,70)(H,71,72)/t57-,58-,59-/m1/s1. The second-order valence-corrected chi connectivity index (χ2v) is 26.2. The van der Waals surface area contributed by atoms with E-state index in [1.807, 2.05) is 0 Å². The number of phosphoric ester groups is 2. The van der Waals surface area contributed by atoms with E-state index in [9.17, 15) is 43.2 Å². The molecule has 0 spiro atoms. The van der Waals surface area contributed by atoms with Crippen LogP contribution in [0, 0.1) is 5.92 Å². The van der Waals surface area contributed by atoms with Gasteiger partial charge in [0.2, 0.25) is 0 Å². The van der Waals surface area contributed by atoms with Crippen molar-refractivity contribution >= 4 is 39.5 Å². The van der Waals surface area contributed by atoms with Gasteiger partial charge in [0.25, 0.3) is 0 Å². The molecule has 0 amide bonds. The van der Waals surface area contributed by atoms with Crippen molar-refractivity contribution in [1.82, 2.24) is 0 Å². The Balaban J connectivity index is 5.18. The van der Waals surface area contributed by atoms with E-state index in [1.54, 1.807) is 0 Å². The summed E-state index contributed by atoms with van der Waals surface area (Å²) >= 11 is 0. The first-order valence-corrected chi connectivity index (χ1v) is 36.1. The lowest BCUT2D eigenvalue weighted by Crippen LogP contribution is -2.30. The van der Waals surface area contributed by atoms with Crippen molar-refractivity contribution in [2.24, 2.45) is 5.92 Å². The van der Waals surface area contributed by atoms with Gasteiger partial charge in [-0.05, 0) is 31.6 Å². The molecule has 2 unspecified atom stereocenters. The van der Waals surface area contributed by atoms with Crippen LogP contribution in [0.1, 0.15) is 317 Å². The summed E-state index contributed by atoms with van der Waals surface area (Å²) in [6, 6.07) is 0. The highest BCUT2D eigenvalue weighted by Gasteiger charge is 2.30. The van der Waals surface area contributed by atoms with E-state index in [1.165, 1.54) is 128 Å². The fourth-order valence-electron chi connectivity index (χ4n) is 9.41. The number of phosphoric acid groups is 2. The minimum atomic E-state index is -4.94. The minimum Gasteiger partial charge on any atom is -0.462 e. The Bertz CT molecular complexity index is 1600. The normalized spacial score (nSPS) is 14.3. The van der Waals surface area contributed by atoms with Crippen LogP contribution in [0.4, 0.5) is 0 Å². The molecule has 0 aliphatic rings. The van der Waals surface area contributed by atoms with Crippen LogP contribution >= 0.6 is 15.6 Å². The van der Waals surface area contributed by atoms with E-state index in [-0.39, 0.29) is 25.7 Å². The predicted octanol–water partition coefficient (Wildman–Crippen LogP) is 17.4. The van der Waals surface area contributed by atoms with E-state index < -0.39 is 97.5 Å². The van der Waals surface area contributed by atoms with Gasteiger partial charge in [0, 0.05) is 25.7 Å². The van der Waals surface area contributed by atoms with Gasteiger partial charge in [-0.1, -0.05) is 266 Å². The fourth-order valence-corrected chi connectivity index (χ4v) is 11.0. The number of aliphatic hydroxyl groups is 1. The molecule has 0 rings (SSSR count).